The van der Waals surface area contributed by atoms with E-state index in [4.69, 9.17) is 37.0 Å². The summed E-state index contributed by atoms with van der Waals surface area (Å²) >= 11 is 0. The Labute approximate surface area is 365 Å². The maximum Gasteiger partial charge on any atom is 0.472 e. The number of aliphatic hydroxyl groups excluding tert-OH is 1. The molecular weight excluding hydrogens is 838 g/mol. The number of unbranched alkanes of at least 4 members (excludes halogenated alkanes) is 17. The zero-order valence-electron chi connectivity index (χ0n) is 37.6. The van der Waals surface area contributed by atoms with Gasteiger partial charge in [0.05, 0.1) is 26.4 Å². The topological polar surface area (TPSA) is 237 Å². The number of aliphatic hydroxyl groups is 1. The van der Waals surface area contributed by atoms with Gasteiger partial charge < -0.3 is 33.8 Å². The molecule has 0 aliphatic heterocycles. The van der Waals surface area contributed by atoms with Gasteiger partial charge in [0.1, 0.15) is 19.3 Å². The van der Waals surface area contributed by atoms with Crippen molar-refractivity contribution >= 4 is 39.5 Å². The molecule has 19 heteroatoms. The Hall–Kier alpha value is -1.94. The van der Waals surface area contributed by atoms with Crippen molar-refractivity contribution in [1.82, 2.24) is 0 Å². The number of ether oxygens (including phenoxy) is 4. The van der Waals surface area contributed by atoms with Crippen LogP contribution in [0.2, 0.25) is 0 Å². The summed E-state index contributed by atoms with van der Waals surface area (Å²) in [4.78, 5) is 70.1. The molecule has 0 fully saturated rings. The van der Waals surface area contributed by atoms with Crippen LogP contribution in [0.4, 0.5) is 0 Å². The Kier molecular flexibility index (Phi) is 37.3. The van der Waals surface area contributed by atoms with Gasteiger partial charge in [0.25, 0.3) is 0 Å². The Balaban J connectivity index is 5.08. The van der Waals surface area contributed by atoms with Crippen LogP contribution in [0.3, 0.4) is 0 Å². The van der Waals surface area contributed by atoms with Crippen LogP contribution in [0, 0.1) is 0 Å². The Morgan fingerprint density at radius 3 is 1.00 bits per heavy atom. The fourth-order valence-electron chi connectivity index (χ4n) is 5.74. The van der Waals surface area contributed by atoms with E-state index in [9.17, 15) is 43.2 Å². The summed E-state index contributed by atoms with van der Waals surface area (Å²) in [7, 11) is -9.80. The van der Waals surface area contributed by atoms with Crippen molar-refractivity contribution in [3.63, 3.8) is 0 Å². The predicted octanol–water partition coefficient (Wildman–Crippen LogP) is 9.36. The van der Waals surface area contributed by atoms with Crippen LogP contribution < -0.4 is 0 Å². The highest BCUT2D eigenvalue weighted by atomic mass is 31.2. The third kappa shape index (κ3) is 38.3. The SMILES string of the molecule is CCCCCCCCC(=O)OC[C@H](COP(=O)(O)OC[C@H](O)COP(=O)(O)OC[C@@H](COC(=O)CCCCCCCC)OC(=O)CCCCCCCC)OC(=O)CCCCC. The molecule has 0 radical (unpaired) electrons. The Morgan fingerprint density at radius 1 is 0.393 bits per heavy atom. The van der Waals surface area contributed by atoms with Crippen LogP contribution in [0.1, 0.15) is 188 Å². The van der Waals surface area contributed by atoms with Gasteiger partial charge in [-0.25, -0.2) is 9.13 Å². The van der Waals surface area contributed by atoms with Crippen LogP contribution in [0.5, 0.6) is 0 Å². The summed E-state index contributed by atoms with van der Waals surface area (Å²) in [5.41, 5.74) is 0. The van der Waals surface area contributed by atoms with Gasteiger partial charge in [0, 0.05) is 25.7 Å². The van der Waals surface area contributed by atoms with E-state index < -0.39 is 97.5 Å². The second-order valence-electron chi connectivity index (χ2n) is 15.4. The molecule has 17 nitrogen and oxygen atoms in total. The first-order valence-corrected chi connectivity index (χ1v) is 25.8. The first-order valence-electron chi connectivity index (χ1n) is 22.8. The van der Waals surface area contributed by atoms with Crippen molar-refractivity contribution in [2.45, 2.75) is 207 Å². The van der Waals surface area contributed by atoms with Crippen molar-refractivity contribution in [3.8, 4) is 0 Å². The highest BCUT2D eigenvalue weighted by molar-refractivity contribution is 7.47. The molecule has 0 aromatic rings. The molecule has 0 aromatic heterocycles. The fourth-order valence-corrected chi connectivity index (χ4v) is 7.32. The lowest BCUT2D eigenvalue weighted by molar-refractivity contribution is -0.161. The number of hydrogen-bond donors (Lipinski definition) is 3. The van der Waals surface area contributed by atoms with Gasteiger partial charge >= 0.3 is 39.5 Å². The number of esters is 4. The molecule has 0 bridgehead atoms. The molecule has 0 saturated heterocycles. The lowest BCUT2D eigenvalue weighted by Gasteiger charge is -2.21. The quantitative estimate of drug-likeness (QED) is 0.0223. The summed E-state index contributed by atoms with van der Waals surface area (Å²) in [6, 6.07) is 0. The summed E-state index contributed by atoms with van der Waals surface area (Å²) in [6.45, 7) is 4.33. The maximum absolute atomic E-state index is 12.7. The van der Waals surface area contributed by atoms with Crippen molar-refractivity contribution < 1.29 is 80.2 Å². The first-order chi connectivity index (χ1) is 29.2. The van der Waals surface area contributed by atoms with E-state index in [1.807, 2.05) is 6.92 Å². The maximum atomic E-state index is 12.7. The minimum absolute atomic E-state index is 0.0891. The van der Waals surface area contributed by atoms with E-state index >= 15 is 0 Å². The summed E-state index contributed by atoms with van der Waals surface area (Å²) < 4.78 is 66.2. The van der Waals surface area contributed by atoms with E-state index in [0.717, 1.165) is 109 Å². The van der Waals surface area contributed by atoms with Gasteiger partial charge in [0.15, 0.2) is 12.2 Å². The van der Waals surface area contributed by atoms with Gasteiger partial charge in [-0.05, 0) is 25.7 Å². The van der Waals surface area contributed by atoms with E-state index in [2.05, 4.69) is 20.8 Å². The molecule has 0 amide bonds. The van der Waals surface area contributed by atoms with Crippen molar-refractivity contribution in [2.24, 2.45) is 0 Å². The molecule has 2 unspecified atom stereocenters. The molecule has 0 aromatic carbocycles. The predicted molar refractivity (Wildman–Crippen MR) is 229 cm³/mol. The molecule has 0 aliphatic carbocycles. The average molecular weight is 919 g/mol. The van der Waals surface area contributed by atoms with E-state index in [-0.39, 0.29) is 25.7 Å². The Morgan fingerprint density at radius 2 is 0.656 bits per heavy atom. The van der Waals surface area contributed by atoms with Crippen LogP contribution in [-0.2, 0) is 65.4 Å². The minimum atomic E-state index is -4.90. The van der Waals surface area contributed by atoms with Crippen molar-refractivity contribution in [1.29, 1.82) is 0 Å². The van der Waals surface area contributed by atoms with E-state index in [0.29, 0.717) is 25.7 Å². The lowest BCUT2D eigenvalue weighted by Crippen LogP contribution is -2.30. The number of phosphoric acid groups is 2. The summed E-state index contributed by atoms with van der Waals surface area (Å²) in [6.07, 6.45) is 15.9. The molecule has 0 rings (SSSR count). The Bertz CT molecular complexity index is 1240. The standard InChI is InChI=1S/C42H80O17P2/c1-5-9-13-16-19-23-26-39(44)52-32-37(58-41(46)28-22-12-8-4)34-56-60(48,49)54-30-36(43)31-55-61(50,51)57-35-38(59-42(47)29-25-21-18-15-11-7-3)33-53-40(45)27-24-20-17-14-10-6-2/h36-38,43H,5-35H2,1-4H3,(H,48,49)(H,50,51)/t36-,37+,38+/m0/s1. The number of phosphoric ester groups is 2. The number of hydrogen-bond acceptors (Lipinski definition) is 15. The van der Waals surface area contributed by atoms with Crippen LogP contribution in [0.25, 0.3) is 0 Å². The largest absolute Gasteiger partial charge is 0.472 e. The molecule has 61 heavy (non-hydrogen) atoms. The van der Waals surface area contributed by atoms with Crippen LogP contribution >= 0.6 is 15.6 Å². The van der Waals surface area contributed by atoms with Gasteiger partial charge in [-0.3, -0.25) is 37.3 Å². The molecule has 360 valence electrons. The number of carbonyl (C=O) groups excluding carboxylic acids is 4. The van der Waals surface area contributed by atoms with E-state index in [1.165, 1.54) is 0 Å². The highest BCUT2D eigenvalue weighted by Crippen LogP contribution is 2.45. The summed E-state index contributed by atoms with van der Waals surface area (Å²) in [5.74, 6) is -2.21. The lowest BCUT2D eigenvalue weighted by atomic mass is 10.1. The smallest absolute Gasteiger partial charge is 0.462 e. The molecule has 0 aliphatic rings. The normalized spacial score (nSPS) is 14.9. The third-order valence-corrected chi connectivity index (χ3v) is 11.3. The molecule has 0 heterocycles. The number of carbonyl (C=O) groups is 4. The second kappa shape index (κ2) is 38.5. The fraction of sp³-hybridized carbons (Fsp3) is 0.905. The minimum Gasteiger partial charge on any atom is -0.462 e. The average Bonchev–Trinajstić information content (AvgIpc) is 3.22. The highest BCUT2D eigenvalue weighted by Gasteiger charge is 2.30. The zero-order chi connectivity index (χ0) is 45.6. The molecule has 0 spiro atoms. The molecular formula is C42H80O17P2. The van der Waals surface area contributed by atoms with Gasteiger partial charge in [-0.2, -0.15) is 0 Å². The number of rotatable bonds is 43. The molecule has 0 saturated carbocycles. The van der Waals surface area contributed by atoms with Crippen molar-refractivity contribution in [3.05, 3.63) is 0 Å². The summed E-state index contributed by atoms with van der Waals surface area (Å²) in [5, 5.41) is 10.3. The second-order valence-corrected chi connectivity index (χ2v) is 18.3. The van der Waals surface area contributed by atoms with E-state index in [1.54, 1.807) is 0 Å². The van der Waals surface area contributed by atoms with Gasteiger partial charge in [-0.15, -0.1) is 0 Å². The molecule has 5 atom stereocenters. The van der Waals surface area contributed by atoms with Crippen LogP contribution in [-0.4, -0.2) is 96.7 Å². The van der Waals surface area contributed by atoms with Crippen LogP contribution in [0.15, 0.2) is 0 Å². The van der Waals surface area contributed by atoms with Gasteiger partial charge in [-0.1, -0.05) is 137 Å². The third-order valence-electron chi connectivity index (χ3n) is 9.35. The van der Waals surface area contributed by atoms with Gasteiger partial charge in [0.2, 0.25) is 0 Å². The van der Waals surface area contributed by atoms with Crippen molar-refractivity contribution in [2.75, 3.05) is 39.6 Å². The first kappa shape index (κ1) is 59.1. The molecule has 3 N–H and O–H groups in total. The monoisotopic (exact) mass is 918 g/mol. The zero-order valence-corrected chi connectivity index (χ0v) is 39.4.